The van der Waals surface area contributed by atoms with Crippen LogP contribution in [0.2, 0.25) is 0 Å². The Hall–Kier alpha value is -1.60. The minimum absolute atomic E-state index is 0.0824. The van der Waals surface area contributed by atoms with E-state index < -0.39 is 15.8 Å². The predicted octanol–water partition coefficient (Wildman–Crippen LogP) is 3.26. The highest BCUT2D eigenvalue weighted by molar-refractivity contribution is 7.94. The molecule has 2 rings (SSSR count). The minimum Gasteiger partial charge on any atom is -0.495 e. The van der Waals surface area contributed by atoms with E-state index in [1.807, 2.05) is 6.92 Å². The van der Waals surface area contributed by atoms with Crippen molar-refractivity contribution in [2.75, 3.05) is 11.8 Å². The number of rotatable bonds is 5. The van der Waals surface area contributed by atoms with Gasteiger partial charge in [-0.05, 0) is 30.7 Å². The van der Waals surface area contributed by atoms with E-state index in [4.69, 9.17) is 4.74 Å². The van der Waals surface area contributed by atoms with E-state index in [1.165, 1.54) is 36.6 Å². The molecule has 4 nitrogen and oxygen atoms in total. The molecule has 0 fully saturated rings. The first-order valence-electron chi connectivity index (χ1n) is 5.91. The van der Waals surface area contributed by atoms with Gasteiger partial charge in [-0.25, -0.2) is 12.8 Å². The summed E-state index contributed by atoms with van der Waals surface area (Å²) in [5, 5.41) is 0. The molecule has 0 radical (unpaired) electrons. The van der Waals surface area contributed by atoms with Crippen LogP contribution in [-0.4, -0.2) is 15.5 Å². The molecular formula is C13H14FNO3S2. The lowest BCUT2D eigenvalue weighted by molar-refractivity contribution is 0.416. The van der Waals surface area contributed by atoms with E-state index in [1.54, 1.807) is 6.07 Å². The second kappa shape index (κ2) is 5.80. The molecular weight excluding hydrogens is 301 g/mol. The number of anilines is 1. The van der Waals surface area contributed by atoms with Crippen LogP contribution >= 0.6 is 11.3 Å². The summed E-state index contributed by atoms with van der Waals surface area (Å²) in [4.78, 5) is 0.969. The summed E-state index contributed by atoms with van der Waals surface area (Å²) in [6.45, 7) is 1.95. The van der Waals surface area contributed by atoms with Crippen LogP contribution in [0, 0.1) is 5.82 Å². The van der Waals surface area contributed by atoms with Crippen molar-refractivity contribution in [3.63, 3.8) is 0 Å². The fraction of sp³-hybridized carbons (Fsp3) is 0.231. The van der Waals surface area contributed by atoms with Crippen LogP contribution < -0.4 is 9.46 Å². The number of thiophene rings is 1. The number of halogens is 1. The average Bonchev–Trinajstić information content (AvgIpc) is 2.88. The van der Waals surface area contributed by atoms with Gasteiger partial charge in [-0.15, -0.1) is 11.3 Å². The Bertz CT molecular complexity index is 710. The number of nitrogens with one attached hydrogen (secondary N) is 1. The Morgan fingerprint density at radius 1 is 1.30 bits per heavy atom. The van der Waals surface area contributed by atoms with Crippen molar-refractivity contribution in [3.8, 4) is 5.75 Å². The average molecular weight is 315 g/mol. The Morgan fingerprint density at radius 3 is 2.65 bits per heavy atom. The summed E-state index contributed by atoms with van der Waals surface area (Å²) in [6, 6.07) is 6.97. The molecule has 7 heteroatoms. The van der Waals surface area contributed by atoms with E-state index in [2.05, 4.69) is 4.72 Å². The maximum absolute atomic E-state index is 13.2. The molecule has 1 N–H and O–H groups in total. The zero-order valence-electron chi connectivity index (χ0n) is 11.0. The zero-order valence-corrected chi connectivity index (χ0v) is 12.6. The molecule has 20 heavy (non-hydrogen) atoms. The van der Waals surface area contributed by atoms with Gasteiger partial charge in [0.25, 0.3) is 10.0 Å². The molecule has 0 spiro atoms. The van der Waals surface area contributed by atoms with E-state index in [0.29, 0.717) is 0 Å². The lowest BCUT2D eigenvalue weighted by atomic mass is 10.3. The molecule has 0 aliphatic heterocycles. The third-order valence-corrected chi connectivity index (χ3v) is 5.74. The second-order valence-corrected chi connectivity index (χ2v) is 7.10. The molecule has 0 bridgehead atoms. The quantitative estimate of drug-likeness (QED) is 0.921. The van der Waals surface area contributed by atoms with E-state index in [9.17, 15) is 12.8 Å². The van der Waals surface area contributed by atoms with Crippen LogP contribution in [0.5, 0.6) is 5.75 Å². The first-order valence-corrected chi connectivity index (χ1v) is 8.21. The summed E-state index contributed by atoms with van der Waals surface area (Å²) < 4.78 is 45.3. The van der Waals surface area contributed by atoms with E-state index in [-0.39, 0.29) is 15.6 Å². The summed E-state index contributed by atoms with van der Waals surface area (Å²) in [5.74, 6) is -0.272. The number of methoxy groups -OCH3 is 1. The summed E-state index contributed by atoms with van der Waals surface area (Å²) in [5.41, 5.74) is 0.0824. The van der Waals surface area contributed by atoms with Gasteiger partial charge in [0.05, 0.1) is 12.8 Å². The molecule has 0 atom stereocenters. The van der Waals surface area contributed by atoms with Gasteiger partial charge in [-0.2, -0.15) is 0 Å². The van der Waals surface area contributed by atoms with Gasteiger partial charge in [0.2, 0.25) is 0 Å². The molecule has 1 aromatic carbocycles. The first kappa shape index (κ1) is 14.8. The molecule has 0 unspecified atom stereocenters. The van der Waals surface area contributed by atoms with Crippen molar-refractivity contribution in [1.82, 2.24) is 0 Å². The number of benzene rings is 1. The van der Waals surface area contributed by atoms with Crippen molar-refractivity contribution in [2.45, 2.75) is 17.6 Å². The standard InChI is InChI=1S/C13H14FNO3S2/c1-3-10-5-7-13(19-10)20(16,17)15-11-8-9(14)4-6-12(11)18-2/h4-8,15H,3H2,1-2H3. The fourth-order valence-corrected chi connectivity index (χ4v) is 4.00. The van der Waals surface area contributed by atoms with Crippen LogP contribution in [0.1, 0.15) is 11.8 Å². The maximum atomic E-state index is 13.2. The normalized spacial score (nSPS) is 11.3. The van der Waals surface area contributed by atoms with Crippen molar-refractivity contribution >= 4 is 27.0 Å². The van der Waals surface area contributed by atoms with Crippen LogP contribution in [0.3, 0.4) is 0 Å². The van der Waals surface area contributed by atoms with Gasteiger partial charge in [-0.3, -0.25) is 4.72 Å². The van der Waals surface area contributed by atoms with Crippen LogP contribution in [0.15, 0.2) is 34.5 Å². The Kier molecular flexibility index (Phi) is 4.29. The summed E-state index contributed by atoms with van der Waals surface area (Å²) in [7, 11) is -2.34. The largest absolute Gasteiger partial charge is 0.495 e. The number of sulfonamides is 1. The Balaban J connectivity index is 2.35. The first-order chi connectivity index (χ1) is 9.46. The Labute approximate surface area is 121 Å². The van der Waals surface area contributed by atoms with Crippen LogP contribution in [0.4, 0.5) is 10.1 Å². The van der Waals surface area contributed by atoms with Crippen LogP contribution in [0.25, 0.3) is 0 Å². The number of aryl methyl sites for hydroxylation is 1. The molecule has 1 heterocycles. The summed E-state index contributed by atoms with van der Waals surface area (Å²) >= 11 is 1.19. The molecule has 0 amide bonds. The lowest BCUT2D eigenvalue weighted by Gasteiger charge is -2.10. The lowest BCUT2D eigenvalue weighted by Crippen LogP contribution is -2.12. The van der Waals surface area contributed by atoms with Gasteiger partial charge in [-0.1, -0.05) is 6.92 Å². The highest BCUT2D eigenvalue weighted by atomic mass is 32.2. The Morgan fingerprint density at radius 2 is 2.05 bits per heavy atom. The summed E-state index contributed by atoms with van der Waals surface area (Å²) in [6.07, 6.45) is 0.767. The van der Waals surface area contributed by atoms with Gasteiger partial charge in [0.1, 0.15) is 15.8 Å². The van der Waals surface area contributed by atoms with Gasteiger partial charge in [0.15, 0.2) is 0 Å². The number of hydrogen-bond acceptors (Lipinski definition) is 4. The van der Waals surface area contributed by atoms with E-state index in [0.717, 1.165) is 17.4 Å². The van der Waals surface area contributed by atoms with Crippen molar-refractivity contribution < 1.29 is 17.5 Å². The highest BCUT2D eigenvalue weighted by Gasteiger charge is 2.19. The van der Waals surface area contributed by atoms with Gasteiger partial charge >= 0.3 is 0 Å². The molecule has 0 saturated heterocycles. The van der Waals surface area contributed by atoms with E-state index >= 15 is 0 Å². The zero-order chi connectivity index (χ0) is 14.8. The topological polar surface area (TPSA) is 55.4 Å². The number of ether oxygens (including phenoxy) is 1. The second-order valence-electron chi connectivity index (χ2n) is 4.02. The van der Waals surface area contributed by atoms with Gasteiger partial charge < -0.3 is 4.74 Å². The van der Waals surface area contributed by atoms with Crippen molar-refractivity contribution in [2.24, 2.45) is 0 Å². The molecule has 108 valence electrons. The third-order valence-electron chi connectivity index (χ3n) is 2.66. The third kappa shape index (κ3) is 3.10. The SMILES string of the molecule is CCc1ccc(S(=O)(=O)Nc2cc(F)ccc2OC)s1. The highest BCUT2D eigenvalue weighted by Crippen LogP contribution is 2.29. The fourth-order valence-electron chi connectivity index (χ4n) is 1.65. The minimum atomic E-state index is -3.73. The van der Waals surface area contributed by atoms with Crippen molar-refractivity contribution in [1.29, 1.82) is 0 Å². The van der Waals surface area contributed by atoms with Crippen LogP contribution in [-0.2, 0) is 16.4 Å². The molecule has 0 aliphatic rings. The molecule has 1 aromatic heterocycles. The number of hydrogen-bond donors (Lipinski definition) is 1. The maximum Gasteiger partial charge on any atom is 0.271 e. The molecule has 0 aliphatic carbocycles. The molecule has 0 saturated carbocycles. The predicted molar refractivity (Wildman–Crippen MR) is 77.5 cm³/mol. The smallest absolute Gasteiger partial charge is 0.271 e. The monoisotopic (exact) mass is 315 g/mol. The van der Waals surface area contributed by atoms with Gasteiger partial charge in [0, 0.05) is 10.9 Å². The molecule has 2 aromatic rings. The van der Waals surface area contributed by atoms with Crippen molar-refractivity contribution in [3.05, 3.63) is 41.0 Å².